The van der Waals surface area contributed by atoms with Crippen molar-refractivity contribution < 1.29 is 4.74 Å². The minimum atomic E-state index is 0.800. The molecule has 7 heteroatoms. The van der Waals surface area contributed by atoms with E-state index in [1.54, 1.807) is 11.8 Å². The highest BCUT2D eigenvalue weighted by Crippen LogP contribution is 2.15. The van der Waals surface area contributed by atoms with Crippen LogP contribution in [-0.4, -0.2) is 32.3 Å². The first kappa shape index (κ1) is 14.4. The number of aromatic nitrogens is 4. The normalized spacial score (nSPS) is 10.3. The van der Waals surface area contributed by atoms with E-state index in [0.717, 1.165) is 41.5 Å². The van der Waals surface area contributed by atoms with Crippen LogP contribution in [-0.2, 0) is 13.5 Å². The van der Waals surface area contributed by atoms with Crippen molar-refractivity contribution in [2.75, 3.05) is 12.4 Å². The van der Waals surface area contributed by atoms with Crippen molar-refractivity contribution in [3.63, 3.8) is 0 Å². The van der Waals surface area contributed by atoms with E-state index in [-0.39, 0.29) is 0 Å². The zero-order valence-corrected chi connectivity index (χ0v) is 12.4. The van der Waals surface area contributed by atoms with Gasteiger partial charge in [-0.3, -0.25) is 0 Å². The topological polar surface area (TPSA) is 64.9 Å². The minimum Gasteiger partial charge on any atom is -0.497 e. The Morgan fingerprint density at radius 1 is 1.35 bits per heavy atom. The summed E-state index contributed by atoms with van der Waals surface area (Å²) in [5.74, 6) is 1.70. The minimum absolute atomic E-state index is 0.800. The van der Waals surface area contributed by atoms with Gasteiger partial charge in [-0.25, -0.2) is 4.68 Å². The Labute approximate surface area is 123 Å². The Morgan fingerprint density at radius 3 is 2.70 bits per heavy atom. The molecule has 1 N–H and O–H groups in total. The predicted molar refractivity (Wildman–Crippen MR) is 81.0 cm³/mol. The largest absolute Gasteiger partial charge is 0.497 e. The second-order valence-corrected chi connectivity index (χ2v) is 4.84. The molecule has 0 aliphatic heterocycles. The van der Waals surface area contributed by atoms with Gasteiger partial charge in [-0.1, -0.05) is 12.2 Å². The Morgan fingerprint density at radius 2 is 2.10 bits per heavy atom. The molecule has 1 aromatic carbocycles. The molecular weight excluding hydrogens is 274 g/mol. The van der Waals surface area contributed by atoms with Gasteiger partial charge in [0.1, 0.15) is 5.75 Å². The van der Waals surface area contributed by atoms with Crippen LogP contribution in [0.15, 0.2) is 24.3 Å². The molecule has 0 atom stereocenters. The fraction of sp³-hybridized carbons (Fsp3) is 0.385. The molecular formula is C13H17N5OS. The summed E-state index contributed by atoms with van der Waals surface area (Å²) < 4.78 is 6.79. The molecule has 0 saturated carbocycles. The van der Waals surface area contributed by atoms with Gasteiger partial charge in [-0.2, -0.15) is 0 Å². The molecule has 1 heterocycles. The lowest BCUT2D eigenvalue weighted by atomic mass is 10.2. The van der Waals surface area contributed by atoms with Gasteiger partial charge in [-0.05, 0) is 47.5 Å². The Balaban J connectivity index is 1.76. The number of thiocarbonyl (C=S) groups is 1. The van der Waals surface area contributed by atoms with Crippen LogP contribution < -0.4 is 10.1 Å². The monoisotopic (exact) mass is 291 g/mol. The Hall–Kier alpha value is -2.02. The van der Waals surface area contributed by atoms with Crippen LogP contribution in [0.5, 0.6) is 5.75 Å². The van der Waals surface area contributed by atoms with E-state index in [0.29, 0.717) is 0 Å². The molecule has 0 fully saturated rings. The number of nitrogens with zero attached hydrogens (tertiary/aromatic N) is 4. The highest BCUT2D eigenvalue weighted by molar-refractivity contribution is 7.80. The molecule has 0 bridgehead atoms. The molecule has 0 spiro atoms. The predicted octanol–water partition coefficient (Wildman–Crippen LogP) is 1.98. The van der Waals surface area contributed by atoms with Crippen LogP contribution in [0.2, 0.25) is 0 Å². The molecule has 20 heavy (non-hydrogen) atoms. The first-order valence-electron chi connectivity index (χ1n) is 6.34. The fourth-order valence-corrected chi connectivity index (χ4v) is 2.03. The van der Waals surface area contributed by atoms with E-state index in [1.165, 1.54) is 0 Å². The maximum absolute atomic E-state index is 5.32. The molecule has 2 rings (SSSR count). The Kier molecular flexibility index (Phi) is 5.00. The number of benzene rings is 1. The van der Waals surface area contributed by atoms with Crippen molar-refractivity contribution >= 4 is 22.9 Å². The third kappa shape index (κ3) is 3.99. The standard InChI is InChI=1S/C13H17N5OS/c1-18-12(15-16-17-18)4-3-5-13(20)14-10-6-8-11(19-2)9-7-10/h6-9H,3-5H2,1-2H3,(H,14,20). The maximum atomic E-state index is 5.32. The van der Waals surface area contributed by atoms with Gasteiger partial charge in [0.15, 0.2) is 5.82 Å². The van der Waals surface area contributed by atoms with Gasteiger partial charge in [-0.15, -0.1) is 5.10 Å². The molecule has 6 nitrogen and oxygen atoms in total. The lowest BCUT2D eigenvalue weighted by molar-refractivity contribution is 0.415. The molecule has 1 aromatic heterocycles. The highest BCUT2D eigenvalue weighted by atomic mass is 32.1. The Bertz CT molecular complexity index is 566. The summed E-state index contributed by atoms with van der Waals surface area (Å²) in [6.07, 6.45) is 2.53. The van der Waals surface area contributed by atoms with E-state index in [9.17, 15) is 0 Å². The number of ether oxygens (including phenoxy) is 1. The molecule has 0 amide bonds. The number of methoxy groups -OCH3 is 1. The van der Waals surface area contributed by atoms with Crippen LogP contribution in [0.4, 0.5) is 5.69 Å². The van der Waals surface area contributed by atoms with Crippen LogP contribution in [0.3, 0.4) is 0 Å². The van der Waals surface area contributed by atoms with Crippen molar-refractivity contribution in [2.24, 2.45) is 7.05 Å². The van der Waals surface area contributed by atoms with Gasteiger partial charge >= 0.3 is 0 Å². The first-order valence-corrected chi connectivity index (χ1v) is 6.75. The number of nitrogens with one attached hydrogen (secondary N) is 1. The number of hydrogen-bond donors (Lipinski definition) is 1. The number of hydrogen-bond acceptors (Lipinski definition) is 5. The van der Waals surface area contributed by atoms with Gasteiger partial charge in [0.2, 0.25) is 0 Å². The average molecular weight is 291 g/mol. The second-order valence-electron chi connectivity index (χ2n) is 4.35. The smallest absolute Gasteiger partial charge is 0.150 e. The molecule has 0 aliphatic carbocycles. The van der Waals surface area contributed by atoms with Crippen molar-refractivity contribution in [3.8, 4) is 5.75 Å². The summed E-state index contributed by atoms with van der Waals surface area (Å²) in [7, 11) is 3.48. The van der Waals surface area contributed by atoms with Crippen LogP contribution >= 0.6 is 12.2 Å². The van der Waals surface area contributed by atoms with Crippen molar-refractivity contribution in [1.29, 1.82) is 0 Å². The molecule has 0 unspecified atom stereocenters. The summed E-state index contributed by atoms with van der Waals surface area (Å²) in [6.45, 7) is 0. The second kappa shape index (κ2) is 6.95. The molecule has 106 valence electrons. The fourth-order valence-electron chi connectivity index (χ4n) is 1.76. The lowest BCUT2D eigenvalue weighted by Crippen LogP contribution is -2.10. The number of rotatable bonds is 6. The molecule has 0 saturated heterocycles. The number of aryl methyl sites for hydroxylation is 2. The van der Waals surface area contributed by atoms with E-state index in [4.69, 9.17) is 17.0 Å². The van der Waals surface area contributed by atoms with Gasteiger partial charge < -0.3 is 10.1 Å². The maximum Gasteiger partial charge on any atom is 0.150 e. The summed E-state index contributed by atoms with van der Waals surface area (Å²) in [4.78, 5) is 0.810. The summed E-state index contributed by atoms with van der Waals surface area (Å²) in [5.41, 5.74) is 0.969. The van der Waals surface area contributed by atoms with Gasteiger partial charge in [0, 0.05) is 19.2 Å². The number of tetrazole rings is 1. The van der Waals surface area contributed by atoms with Gasteiger partial charge in [0.25, 0.3) is 0 Å². The van der Waals surface area contributed by atoms with E-state index in [1.807, 2.05) is 31.3 Å². The zero-order chi connectivity index (χ0) is 14.4. The van der Waals surface area contributed by atoms with Crippen molar-refractivity contribution in [2.45, 2.75) is 19.3 Å². The zero-order valence-electron chi connectivity index (χ0n) is 11.5. The van der Waals surface area contributed by atoms with Crippen molar-refractivity contribution in [1.82, 2.24) is 20.2 Å². The van der Waals surface area contributed by atoms with Crippen molar-refractivity contribution in [3.05, 3.63) is 30.1 Å². The third-order valence-electron chi connectivity index (χ3n) is 2.89. The third-order valence-corrected chi connectivity index (χ3v) is 3.19. The highest BCUT2D eigenvalue weighted by Gasteiger charge is 2.04. The molecule has 0 radical (unpaired) electrons. The van der Waals surface area contributed by atoms with Gasteiger partial charge in [0.05, 0.1) is 12.1 Å². The average Bonchev–Trinajstić information content (AvgIpc) is 2.85. The van der Waals surface area contributed by atoms with Crippen LogP contribution in [0.1, 0.15) is 18.7 Å². The summed E-state index contributed by atoms with van der Waals surface area (Å²) in [6, 6.07) is 7.68. The van der Waals surface area contributed by atoms with E-state index < -0.39 is 0 Å². The molecule has 2 aromatic rings. The summed E-state index contributed by atoms with van der Waals surface area (Å²) >= 11 is 5.32. The lowest BCUT2D eigenvalue weighted by Gasteiger charge is -2.08. The van der Waals surface area contributed by atoms with Crippen LogP contribution in [0, 0.1) is 0 Å². The summed E-state index contributed by atoms with van der Waals surface area (Å²) in [5, 5.41) is 14.5. The van der Waals surface area contributed by atoms with E-state index >= 15 is 0 Å². The van der Waals surface area contributed by atoms with Crippen LogP contribution in [0.25, 0.3) is 0 Å². The first-order chi connectivity index (χ1) is 9.69. The quantitative estimate of drug-likeness (QED) is 0.821. The number of anilines is 1. The molecule has 0 aliphatic rings. The van der Waals surface area contributed by atoms with E-state index in [2.05, 4.69) is 20.8 Å². The SMILES string of the molecule is COc1ccc(NC(=S)CCCc2nnnn2C)cc1.